The predicted octanol–water partition coefficient (Wildman–Crippen LogP) is 8.38. The predicted molar refractivity (Wildman–Crippen MR) is 135 cm³/mol. The topological polar surface area (TPSA) is 33.5 Å². The molecule has 3 aromatic carbocycles. The summed E-state index contributed by atoms with van der Waals surface area (Å²) in [4.78, 5) is 15.1. The largest absolute Gasteiger partial charge is 0.457 e. The van der Waals surface area contributed by atoms with Crippen molar-refractivity contribution in [2.45, 2.75) is 0 Å². The Balaban J connectivity index is 1.55. The normalized spacial score (nSPS) is 14.8. The van der Waals surface area contributed by atoms with Gasteiger partial charge < -0.3 is 4.42 Å². The van der Waals surface area contributed by atoms with E-state index in [1.807, 2.05) is 54.6 Å². The van der Waals surface area contributed by atoms with E-state index in [9.17, 15) is 4.79 Å². The first-order valence-corrected chi connectivity index (χ1v) is 11.3. The molecule has 6 heteroatoms. The van der Waals surface area contributed by atoms with Gasteiger partial charge in [0.1, 0.15) is 11.5 Å². The molecule has 5 rings (SSSR count). The number of nitrogens with zero attached hydrogens (tertiary/aromatic N) is 1. The summed E-state index contributed by atoms with van der Waals surface area (Å²) in [5.74, 6) is 0.947. The Hall–Kier alpha value is -3.24. The number of hydrogen-bond donors (Lipinski definition) is 0. The van der Waals surface area contributed by atoms with Gasteiger partial charge in [-0.15, -0.1) is 0 Å². The van der Waals surface area contributed by atoms with Crippen molar-refractivity contribution in [3.63, 3.8) is 0 Å². The van der Waals surface area contributed by atoms with E-state index in [0.717, 1.165) is 16.9 Å². The highest BCUT2D eigenvalue weighted by Gasteiger charge is 2.30. The van der Waals surface area contributed by atoms with Crippen LogP contribution in [0.4, 0.5) is 5.69 Å². The van der Waals surface area contributed by atoms with Gasteiger partial charge in [-0.25, -0.2) is 0 Å². The van der Waals surface area contributed by atoms with E-state index >= 15 is 0 Å². The van der Waals surface area contributed by atoms with E-state index in [4.69, 9.17) is 39.2 Å². The van der Waals surface area contributed by atoms with Crippen molar-refractivity contribution in [2.24, 2.45) is 0 Å². The smallest absolute Gasteiger partial charge is 0.263 e. The van der Waals surface area contributed by atoms with Crippen LogP contribution < -0.4 is 4.90 Å². The number of carbonyl (C=O) groups excluding carboxylic acids is 1. The van der Waals surface area contributed by atoms with E-state index in [2.05, 4.69) is 0 Å². The second-order valence-electron chi connectivity index (χ2n) is 7.44. The van der Waals surface area contributed by atoms with Gasteiger partial charge in [-0.05, 0) is 72.3 Å². The van der Waals surface area contributed by atoms with Gasteiger partial charge in [0, 0.05) is 26.9 Å². The minimum absolute atomic E-state index is 0.157. The number of hydrogen-bond acceptors (Lipinski definition) is 2. The highest BCUT2D eigenvalue weighted by molar-refractivity contribution is 6.35. The van der Waals surface area contributed by atoms with Crippen molar-refractivity contribution < 1.29 is 9.21 Å². The number of benzene rings is 3. The zero-order valence-corrected chi connectivity index (χ0v) is 19.4. The van der Waals surface area contributed by atoms with E-state index in [-0.39, 0.29) is 5.91 Å². The number of carbonyl (C=O) groups is 1. The fourth-order valence-electron chi connectivity index (χ4n) is 3.70. The Morgan fingerprint density at radius 3 is 2.27 bits per heavy atom. The van der Waals surface area contributed by atoms with Gasteiger partial charge in [0.2, 0.25) is 0 Å². The number of furan rings is 1. The minimum Gasteiger partial charge on any atom is -0.457 e. The van der Waals surface area contributed by atoms with Crippen molar-refractivity contribution in [1.82, 2.24) is 0 Å². The van der Waals surface area contributed by atoms with Crippen molar-refractivity contribution in [1.29, 1.82) is 0 Å². The van der Waals surface area contributed by atoms with Crippen molar-refractivity contribution in [3.05, 3.63) is 123 Å². The molecule has 1 aliphatic heterocycles. The molecule has 0 fully saturated rings. The quantitative estimate of drug-likeness (QED) is 0.268. The molecule has 0 saturated carbocycles. The monoisotopic (exact) mass is 491 g/mol. The average molecular weight is 493 g/mol. The zero-order valence-electron chi connectivity index (χ0n) is 17.1. The summed E-state index contributed by atoms with van der Waals surface area (Å²) in [7, 11) is 0. The molecular formula is C27H16Cl3NO2. The molecule has 0 aliphatic carbocycles. The summed E-state index contributed by atoms with van der Waals surface area (Å²) in [5, 5.41) is 1.70. The first-order chi connectivity index (χ1) is 16.0. The van der Waals surface area contributed by atoms with E-state index in [1.165, 1.54) is 0 Å². The van der Waals surface area contributed by atoms with Crippen molar-refractivity contribution in [3.8, 4) is 11.3 Å². The third-order valence-electron chi connectivity index (χ3n) is 5.26. The number of anilines is 1. The molecule has 0 saturated heterocycles. The summed E-state index contributed by atoms with van der Waals surface area (Å²) >= 11 is 18.5. The summed E-state index contributed by atoms with van der Waals surface area (Å²) < 4.78 is 5.98. The molecule has 2 heterocycles. The van der Waals surface area contributed by atoms with Crippen molar-refractivity contribution >= 4 is 58.2 Å². The fraction of sp³-hybridized carbons (Fsp3) is 0. The summed E-state index contributed by atoms with van der Waals surface area (Å²) in [5.41, 5.74) is 3.62. The van der Waals surface area contributed by atoms with Crippen LogP contribution in [0.25, 0.3) is 23.1 Å². The number of rotatable bonds is 4. The van der Waals surface area contributed by atoms with E-state index in [1.54, 1.807) is 47.4 Å². The molecule has 3 nitrogen and oxygen atoms in total. The van der Waals surface area contributed by atoms with Gasteiger partial charge in [-0.1, -0.05) is 65.1 Å². The Kier molecular flexibility index (Phi) is 5.86. The molecular weight excluding hydrogens is 477 g/mol. The Morgan fingerprint density at radius 1 is 0.788 bits per heavy atom. The van der Waals surface area contributed by atoms with Crippen LogP contribution in [0.3, 0.4) is 0 Å². The van der Waals surface area contributed by atoms with Crippen LogP contribution in [-0.4, -0.2) is 5.91 Å². The van der Waals surface area contributed by atoms with E-state index in [0.29, 0.717) is 37.7 Å². The molecule has 4 aromatic rings. The molecule has 0 atom stereocenters. The van der Waals surface area contributed by atoms with Gasteiger partial charge in [-0.3, -0.25) is 9.69 Å². The van der Waals surface area contributed by atoms with Crippen LogP contribution in [-0.2, 0) is 4.79 Å². The lowest BCUT2D eigenvalue weighted by Crippen LogP contribution is -2.24. The molecule has 1 aliphatic rings. The van der Waals surface area contributed by atoms with Gasteiger partial charge >= 0.3 is 0 Å². The maximum absolute atomic E-state index is 13.4. The molecule has 162 valence electrons. The molecule has 0 unspecified atom stereocenters. The molecule has 0 radical (unpaired) electrons. The van der Waals surface area contributed by atoms with Gasteiger partial charge in [-0.2, -0.15) is 0 Å². The number of amides is 1. The zero-order chi connectivity index (χ0) is 22.9. The summed E-state index contributed by atoms with van der Waals surface area (Å²) in [6, 6.07) is 25.7. The minimum atomic E-state index is -0.157. The van der Waals surface area contributed by atoms with Gasteiger partial charge in [0.25, 0.3) is 5.91 Å². The lowest BCUT2D eigenvalue weighted by molar-refractivity contribution is -0.113. The highest BCUT2D eigenvalue weighted by Crippen LogP contribution is 2.37. The first-order valence-electron chi connectivity index (χ1n) is 10.1. The molecule has 0 N–H and O–H groups in total. The van der Waals surface area contributed by atoms with Gasteiger partial charge in [0.05, 0.1) is 10.7 Å². The van der Waals surface area contributed by atoms with Crippen molar-refractivity contribution in [2.75, 3.05) is 4.90 Å². The van der Waals surface area contributed by atoms with Crippen LogP contribution in [0, 0.1) is 0 Å². The van der Waals surface area contributed by atoms with Crippen LogP contribution >= 0.6 is 34.8 Å². The Labute approximate surface area is 206 Å². The fourth-order valence-corrected chi connectivity index (χ4v) is 4.21. The second-order valence-corrected chi connectivity index (χ2v) is 8.72. The highest BCUT2D eigenvalue weighted by atomic mass is 35.5. The van der Waals surface area contributed by atoms with Crippen LogP contribution in [0.1, 0.15) is 11.3 Å². The lowest BCUT2D eigenvalue weighted by atomic mass is 10.1. The molecule has 1 aromatic heterocycles. The van der Waals surface area contributed by atoms with Gasteiger partial charge in [0.15, 0.2) is 0 Å². The van der Waals surface area contributed by atoms with Crippen LogP contribution in [0.5, 0.6) is 0 Å². The third-order valence-corrected chi connectivity index (χ3v) is 6.07. The molecule has 33 heavy (non-hydrogen) atoms. The molecule has 1 amide bonds. The lowest BCUT2D eigenvalue weighted by Gasteiger charge is -2.20. The number of halogens is 3. The first kappa shape index (κ1) is 21.6. The van der Waals surface area contributed by atoms with Crippen LogP contribution in [0.15, 0.2) is 101 Å². The Bertz CT molecular complexity index is 1400. The third kappa shape index (κ3) is 4.36. The molecule has 0 bridgehead atoms. The maximum atomic E-state index is 13.4. The van der Waals surface area contributed by atoms with E-state index < -0.39 is 0 Å². The summed E-state index contributed by atoms with van der Waals surface area (Å²) in [6.07, 6.45) is 3.59. The second kappa shape index (κ2) is 8.95. The maximum Gasteiger partial charge on any atom is 0.263 e. The average Bonchev–Trinajstić information content (AvgIpc) is 3.42. The Morgan fingerprint density at radius 2 is 1.52 bits per heavy atom. The summed E-state index contributed by atoms with van der Waals surface area (Å²) in [6.45, 7) is 0. The van der Waals surface area contributed by atoms with Crippen LogP contribution in [0.2, 0.25) is 15.1 Å². The SMILES string of the molecule is O=C1/C(=C/c2ccc(-c3cc(Cl)ccc3Cl)o2)C=C(c2ccccc2)N1c1ccc(Cl)cc1. The molecule has 0 spiro atoms. The standard InChI is InChI=1S/C27H16Cl3NO2/c28-19-6-9-21(10-7-19)31-25(17-4-2-1-3-5-17)15-18(27(31)32)14-22-11-13-26(33-22)23-16-20(29)8-12-24(23)30/h1-16H/b18-14+.